The molecule has 3 rings (SSSR count). The molecule has 1 heterocycles. The number of rotatable bonds is 8. The number of nitrogens with one attached hydrogen (secondary N) is 1. The summed E-state index contributed by atoms with van der Waals surface area (Å²) >= 11 is 0. The molecule has 0 radical (unpaired) electrons. The lowest BCUT2D eigenvalue weighted by Gasteiger charge is -2.22. The van der Waals surface area contributed by atoms with Gasteiger partial charge in [0.25, 0.3) is 0 Å². The third kappa shape index (κ3) is 5.85. The summed E-state index contributed by atoms with van der Waals surface area (Å²) in [5, 5.41) is 2.72. The van der Waals surface area contributed by atoms with Crippen molar-refractivity contribution < 1.29 is 14.0 Å². The Hall–Kier alpha value is -3.34. The summed E-state index contributed by atoms with van der Waals surface area (Å²) in [7, 11) is 0. The third-order valence-electron chi connectivity index (χ3n) is 4.14. The van der Waals surface area contributed by atoms with E-state index in [1.54, 1.807) is 17.2 Å². The van der Waals surface area contributed by atoms with E-state index in [0.717, 1.165) is 11.1 Å². The van der Waals surface area contributed by atoms with Crippen LogP contribution in [0.3, 0.4) is 0 Å². The number of nitrogens with zero attached hydrogens (tertiary/aromatic N) is 1. The first-order chi connectivity index (χ1) is 13.2. The predicted molar refractivity (Wildman–Crippen MR) is 103 cm³/mol. The molecule has 0 unspecified atom stereocenters. The second kappa shape index (κ2) is 9.38. The van der Waals surface area contributed by atoms with Gasteiger partial charge < -0.3 is 14.6 Å². The van der Waals surface area contributed by atoms with Crippen molar-refractivity contribution in [1.29, 1.82) is 0 Å². The Morgan fingerprint density at radius 1 is 0.815 bits per heavy atom. The Labute approximate surface area is 158 Å². The first kappa shape index (κ1) is 18.5. The molecule has 2 amide bonds. The lowest BCUT2D eigenvalue weighted by Crippen LogP contribution is -2.40. The second-order valence-corrected chi connectivity index (χ2v) is 6.25. The topological polar surface area (TPSA) is 62.6 Å². The number of carbonyl (C=O) groups excluding carboxylic acids is 2. The maximum Gasteiger partial charge on any atom is 0.242 e. The van der Waals surface area contributed by atoms with Gasteiger partial charge in [-0.15, -0.1) is 0 Å². The van der Waals surface area contributed by atoms with Crippen LogP contribution in [0.5, 0.6) is 0 Å². The van der Waals surface area contributed by atoms with Gasteiger partial charge in [0.15, 0.2) is 0 Å². The Balaban J connectivity index is 1.59. The van der Waals surface area contributed by atoms with E-state index >= 15 is 0 Å². The van der Waals surface area contributed by atoms with Crippen LogP contribution < -0.4 is 5.32 Å². The lowest BCUT2D eigenvalue weighted by atomic mass is 10.1. The normalized spacial score (nSPS) is 10.4. The van der Waals surface area contributed by atoms with Crippen LogP contribution in [0.15, 0.2) is 83.5 Å². The Bertz CT molecular complexity index is 846. The number of benzene rings is 2. The molecule has 0 aliphatic rings. The fourth-order valence-corrected chi connectivity index (χ4v) is 2.76. The van der Waals surface area contributed by atoms with Crippen molar-refractivity contribution in [2.24, 2.45) is 0 Å². The fourth-order valence-electron chi connectivity index (χ4n) is 2.76. The zero-order valence-corrected chi connectivity index (χ0v) is 15.0. The molecule has 5 heteroatoms. The first-order valence-corrected chi connectivity index (χ1v) is 8.85. The summed E-state index contributed by atoms with van der Waals surface area (Å²) in [6, 6.07) is 22.8. The molecule has 5 nitrogen and oxygen atoms in total. The van der Waals surface area contributed by atoms with Gasteiger partial charge in [0.2, 0.25) is 11.8 Å². The molecule has 0 atom stereocenters. The quantitative estimate of drug-likeness (QED) is 0.669. The van der Waals surface area contributed by atoms with Gasteiger partial charge in [0.1, 0.15) is 5.76 Å². The van der Waals surface area contributed by atoms with Gasteiger partial charge in [-0.2, -0.15) is 0 Å². The minimum absolute atomic E-state index is 0.0425. The van der Waals surface area contributed by atoms with Crippen molar-refractivity contribution in [3.05, 3.63) is 95.9 Å². The van der Waals surface area contributed by atoms with Gasteiger partial charge in [0.05, 0.1) is 25.8 Å². The van der Waals surface area contributed by atoms with Crippen LogP contribution in [0, 0.1) is 0 Å². The zero-order chi connectivity index (χ0) is 18.9. The molecule has 2 aromatic carbocycles. The average molecular weight is 362 g/mol. The molecule has 138 valence electrons. The van der Waals surface area contributed by atoms with Crippen LogP contribution in [-0.2, 0) is 29.1 Å². The van der Waals surface area contributed by atoms with E-state index < -0.39 is 0 Å². The number of hydrogen-bond acceptors (Lipinski definition) is 3. The van der Waals surface area contributed by atoms with E-state index in [1.165, 1.54) is 0 Å². The van der Waals surface area contributed by atoms with Gasteiger partial charge in [-0.3, -0.25) is 9.59 Å². The van der Waals surface area contributed by atoms with Crippen LogP contribution in [0.1, 0.15) is 16.9 Å². The van der Waals surface area contributed by atoms with E-state index in [0.29, 0.717) is 18.8 Å². The molecule has 27 heavy (non-hydrogen) atoms. The molecular weight excluding hydrogens is 340 g/mol. The minimum Gasteiger partial charge on any atom is -0.467 e. The van der Waals surface area contributed by atoms with Crippen molar-refractivity contribution in [1.82, 2.24) is 10.2 Å². The molecule has 1 aromatic heterocycles. The highest BCUT2D eigenvalue weighted by atomic mass is 16.3. The highest BCUT2D eigenvalue weighted by molar-refractivity contribution is 5.85. The number of furan rings is 1. The van der Waals surface area contributed by atoms with Gasteiger partial charge in [-0.05, 0) is 23.3 Å². The molecule has 0 spiro atoms. The van der Waals surface area contributed by atoms with Crippen molar-refractivity contribution in [2.45, 2.75) is 19.5 Å². The maximum atomic E-state index is 12.7. The summed E-state index contributed by atoms with van der Waals surface area (Å²) in [6.07, 6.45) is 1.84. The van der Waals surface area contributed by atoms with E-state index in [2.05, 4.69) is 5.32 Å². The largest absolute Gasteiger partial charge is 0.467 e. The van der Waals surface area contributed by atoms with Crippen molar-refractivity contribution in [3.8, 4) is 0 Å². The summed E-state index contributed by atoms with van der Waals surface area (Å²) in [6.45, 7) is 0.767. The van der Waals surface area contributed by atoms with Gasteiger partial charge in [0, 0.05) is 6.54 Å². The lowest BCUT2D eigenvalue weighted by molar-refractivity contribution is -0.134. The summed E-state index contributed by atoms with van der Waals surface area (Å²) in [4.78, 5) is 26.5. The SMILES string of the molecule is O=C(Cc1ccccc1)NCC(=O)N(Cc1ccccc1)Cc1ccco1. The van der Waals surface area contributed by atoms with Crippen LogP contribution in [0.2, 0.25) is 0 Å². The number of hydrogen-bond donors (Lipinski definition) is 1. The monoisotopic (exact) mass is 362 g/mol. The second-order valence-electron chi connectivity index (χ2n) is 6.25. The molecule has 1 N–H and O–H groups in total. The predicted octanol–water partition coefficient (Wildman–Crippen LogP) is 3.17. The molecular formula is C22H22N2O3. The van der Waals surface area contributed by atoms with Crippen LogP contribution in [0.4, 0.5) is 0 Å². The molecule has 0 bridgehead atoms. The molecule has 0 aliphatic heterocycles. The standard InChI is InChI=1S/C22H22N2O3/c25-21(14-18-8-3-1-4-9-18)23-15-22(26)24(17-20-12-7-13-27-20)16-19-10-5-2-6-11-19/h1-13H,14-17H2,(H,23,25). The highest BCUT2D eigenvalue weighted by Crippen LogP contribution is 2.11. The van der Waals surface area contributed by atoms with Crippen molar-refractivity contribution in [3.63, 3.8) is 0 Å². The number of carbonyl (C=O) groups is 2. The molecule has 0 aliphatic carbocycles. The summed E-state index contributed by atoms with van der Waals surface area (Å²) in [5.41, 5.74) is 1.94. The van der Waals surface area contributed by atoms with Crippen LogP contribution in [0.25, 0.3) is 0 Å². The fraction of sp³-hybridized carbons (Fsp3) is 0.182. The van der Waals surface area contributed by atoms with E-state index in [4.69, 9.17) is 4.42 Å². The van der Waals surface area contributed by atoms with Gasteiger partial charge in [-0.1, -0.05) is 60.7 Å². The van der Waals surface area contributed by atoms with E-state index in [-0.39, 0.29) is 24.8 Å². The van der Waals surface area contributed by atoms with Crippen LogP contribution >= 0.6 is 0 Å². The summed E-state index contributed by atoms with van der Waals surface area (Å²) < 4.78 is 5.38. The summed E-state index contributed by atoms with van der Waals surface area (Å²) in [5.74, 6) is 0.374. The van der Waals surface area contributed by atoms with Gasteiger partial charge in [-0.25, -0.2) is 0 Å². The molecule has 0 fully saturated rings. The Morgan fingerprint density at radius 2 is 1.48 bits per heavy atom. The minimum atomic E-state index is -0.174. The molecule has 0 saturated heterocycles. The van der Waals surface area contributed by atoms with Crippen molar-refractivity contribution >= 4 is 11.8 Å². The smallest absolute Gasteiger partial charge is 0.242 e. The Kier molecular flexibility index (Phi) is 6.41. The molecule has 3 aromatic rings. The maximum absolute atomic E-state index is 12.7. The number of amides is 2. The zero-order valence-electron chi connectivity index (χ0n) is 15.0. The highest BCUT2D eigenvalue weighted by Gasteiger charge is 2.17. The molecule has 0 saturated carbocycles. The van der Waals surface area contributed by atoms with E-state index in [1.807, 2.05) is 66.7 Å². The average Bonchev–Trinajstić information content (AvgIpc) is 3.20. The van der Waals surface area contributed by atoms with Crippen LogP contribution in [-0.4, -0.2) is 23.3 Å². The van der Waals surface area contributed by atoms with E-state index in [9.17, 15) is 9.59 Å². The van der Waals surface area contributed by atoms with Gasteiger partial charge >= 0.3 is 0 Å². The van der Waals surface area contributed by atoms with Crippen molar-refractivity contribution in [2.75, 3.05) is 6.54 Å². The first-order valence-electron chi connectivity index (χ1n) is 8.85. The Morgan fingerprint density at radius 3 is 2.11 bits per heavy atom. The third-order valence-corrected chi connectivity index (χ3v) is 4.14.